The molecule has 38 heavy (non-hydrogen) atoms. The normalized spacial score (nSPS) is 11.2. The molecule has 1 heterocycles. The summed E-state index contributed by atoms with van der Waals surface area (Å²) in [6.07, 6.45) is 1.84. The second-order valence-corrected chi connectivity index (χ2v) is 9.58. The van der Waals surface area contributed by atoms with E-state index in [1.54, 1.807) is 0 Å². The molecule has 1 heteroatoms. The van der Waals surface area contributed by atoms with Crippen molar-refractivity contribution in [2.45, 2.75) is 0 Å². The van der Waals surface area contributed by atoms with E-state index in [1.165, 1.54) is 54.9 Å². The van der Waals surface area contributed by atoms with E-state index in [0.717, 1.165) is 11.3 Å². The molecular formula is C37H25N. The van der Waals surface area contributed by atoms with Crippen LogP contribution in [0.4, 0.5) is 0 Å². The van der Waals surface area contributed by atoms with Gasteiger partial charge in [0.2, 0.25) is 0 Å². The third kappa shape index (κ3) is 3.86. The van der Waals surface area contributed by atoms with Gasteiger partial charge in [-0.2, -0.15) is 0 Å². The number of hydrogen-bond acceptors (Lipinski definition) is 1. The van der Waals surface area contributed by atoms with Crippen molar-refractivity contribution >= 4 is 21.5 Å². The predicted octanol–water partition coefficient (Wildman–Crippen LogP) is 10.1. The first-order valence-corrected chi connectivity index (χ1v) is 13.0. The quantitative estimate of drug-likeness (QED) is 0.227. The van der Waals surface area contributed by atoms with E-state index in [0.29, 0.717) is 0 Å². The van der Waals surface area contributed by atoms with Crippen LogP contribution in [0.25, 0.3) is 66.2 Å². The minimum Gasteiger partial charge on any atom is -0.256 e. The van der Waals surface area contributed by atoms with Crippen molar-refractivity contribution in [1.29, 1.82) is 0 Å². The van der Waals surface area contributed by atoms with E-state index < -0.39 is 0 Å². The largest absolute Gasteiger partial charge is 0.256 e. The third-order valence-corrected chi connectivity index (χ3v) is 7.33. The van der Waals surface area contributed by atoms with Gasteiger partial charge in [-0.25, -0.2) is 0 Å². The molecule has 0 radical (unpaired) electrons. The average molecular weight is 484 g/mol. The van der Waals surface area contributed by atoms with Crippen molar-refractivity contribution in [3.05, 3.63) is 152 Å². The zero-order valence-electron chi connectivity index (χ0n) is 20.9. The molecule has 0 aliphatic carbocycles. The van der Waals surface area contributed by atoms with Gasteiger partial charge in [-0.1, -0.05) is 127 Å². The van der Waals surface area contributed by atoms with Gasteiger partial charge < -0.3 is 0 Å². The molecule has 0 unspecified atom stereocenters. The van der Waals surface area contributed by atoms with Crippen LogP contribution in [0.3, 0.4) is 0 Å². The number of aromatic nitrogens is 1. The number of pyridine rings is 1. The Morgan fingerprint density at radius 1 is 0.316 bits per heavy atom. The molecule has 0 spiro atoms. The second kappa shape index (κ2) is 9.46. The first-order chi connectivity index (χ1) is 18.9. The highest BCUT2D eigenvalue weighted by atomic mass is 14.7. The highest BCUT2D eigenvalue weighted by Gasteiger charge is 2.17. The van der Waals surface area contributed by atoms with E-state index >= 15 is 0 Å². The monoisotopic (exact) mass is 483 g/mol. The van der Waals surface area contributed by atoms with Crippen LogP contribution < -0.4 is 0 Å². The highest BCUT2D eigenvalue weighted by Crippen LogP contribution is 2.44. The Morgan fingerprint density at radius 2 is 0.816 bits per heavy atom. The number of rotatable bonds is 4. The first-order valence-electron chi connectivity index (χ1n) is 13.0. The fraction of sp³-hybridized carbons (Fsp3) is 0. The molecule has 0 amide bonds. The summed E-state index contributed by atoms with van der Waals surface area (Å²) in [6.45, 7) is 0. The van der Waals surface area contributed by atoms with Crippen LogP contribution in [0.5, 0.6) is 0 Å². The summed E-state index contributed by atoms with van der Waals surface area (Å²) in [6, 6.07) is 52.0. The Bertz CT molecular complexity index is 1870. The van der Waals surface area contributed by atoms with E-state index in [9.17, 15) is 0 Å². The Hall–Kier alpha value is -5.01. The molecule has 7 aromatic rings. The molecule has 1 nitrogen and oxygen atoms in total. The van der Waals surface area contributed by atoms with Crippen LogP contribution in [0.15, 0.2) is 152 Å². The molecular weight excluding hydrogens is 458 g/mol. The molecule has 0 saturated heterocycles. The van der Waals surface area contributed by atoms with Crippen molar-refractivity contribution in [1.82, 2.24) is 4.98 Å². The Labute approximate surface area is 222 Å². The van der Waals surface area contributed by atoms with E-state index in [-0.39, 0.29) is 0 Å². The summed E-state index contributed by atoms with van der Waals surface area (Å²) in [4.78, 5) is 4.50. The molecule has 1 aromatic heterocycles. The van der Waals surface area contributed by atoms with Crippen molar-refractivity contribution in [2.75, 3.05) is 0 Å². The van der Waals surface area contributed by atoms with Gasteiger partial charge in [-0.3, -0.25) is 4.98 Å². The van der Waals surface area contributed by atoms with E-state index in [2.05, 4.69) is 132 Å². The number of benzene rings is 6. The third-order valence-electron chi connectivity index (χ3n) is 7.33. The molecule has 0 atom stereocenters. The standard InChI is InChI=1S/C37H25N/c1-3-11-28(12-4-1)36-31-15-7-8-16-32(31)37(29-13-5-2-6-14-29)34-25-30(22-23-33(34)36)26-18-20-27(21-19-26)35-17-9-10-24-38-35/h1-25H. The Kier molecular flexibility index (Phi) is 5.53. The van der Waals surface area contributed by atoms with Gasteiger partial charge in [0.05, 0.1) is 5.69 Å². The highest BCUT2D eigenvalue weighted by molar-refractivity contribution is 6.21. The molecule has 0 bridgehead atoms. The van der Waals surface area contributed by atoms with Crippen LogP contribution in [0, 0.1) is 0 Å². The zero-order valence-corrected chi connectivity index (χ0v) is 20.9. The van der Waals surface area contributed by atoms with Gasteiger partial charge in [-0.15, -0.1) is 0 Å². The smallest absolute Gasteiger partial charge is 0.0701 e. The van der Waals surface area contributed by atoms with Crippen LogP contribution in [-0.4, -0.2) is 4.98 Å². The molecule has 0 aliphatic heterocycles. The van der Waals surface area contributed by atoms with Gasteiger partial charge in [-0.05, 0) is 73.1 Å². The fourth-order valence-corrected chi connectivity index (χ4v) is 5.56. The van der Waals surface area contributed by atoms with Gasteiger partial charge >= 0.3 is 0 Å². The zero-order chi connectivity index (χ0) is 25.3. The van der Waals surface area contributed by atoms with E-state index in [1.807, 2.05) is 24.4 Å². The lowest BCUT2D eigenvalue weighted by Crippen LogP contribution is -1.91. The molecule has 7 rings (SSSR count). The van der Waals surface area contributed by atoms with Crippen LogP contribution in [0.2, 0.25) is 0 Å². The predicted molar refractivity (Wildman–Crippen MR) is 161 cm³/mol. The summed E-state index contributed by atoms with van der Waals surface area (Å²) in [5.41, 5.74) is 9.55. The van der Waals surface area contributed by atoms with Crippen molar-refractivity contribution in [2.24, 2.45) is 0 Å². The molecule has 0 fully saturated rings. The summed E-state index contributed by atoms with van der Waals surface area (Å²) in [5.74, 6) is 0. The summed E-state index contributed by atoms with van der Waals surface area (Å²) >= 11 is 0. The second-order valence-electron chi connectivity index (χ2n) is 9.58. The minimum absolute atomic E-state index is 0.989. The topological polar surface area (TPSA) is 12.9 Å². The number of hydrogen-bond donors (Lipinski definition) is 0. The Morgan fingerprint density at radius 3 is 1.42 bits per heavy atom. The number of nitrogens with zero attached hydrogens (tertiary/aromatic N) is 1. The maximum atomic E-state index is 4.50. The van der Waals surface area contributed by atoms with Crippen LogP contribution in [0.1, 0.15) is 0 Å². The van der Waals surface area contributed by atoms with Crippen LogP contribution >= 0.6 is 0 Å². The van der Waals surface area contributed by atoms with Gasteiger partial charge in [0.15, 0.2) is 0 Å². The molecule has 0 N–H and O–H groups in total. The van der Waals surface area contributed by atoms with Gasteiger partial charge in [0.25, 0.3) is 0 Å². The van der Waals surface area contributed by atoms with E-state index in [4.69, 9.17) is 0 Å². The SMILES string of the molecule is c1ccc(-c2c3ccccc3c(-c3ccccc3)c3cc(-c4ccc(-c5ccccn5)cc4)ccc23)cc1. The minimum atomic E-state index is 0.989. The molecule has 0 saturated carbocycles. The average Bonchev–Trinajstić information content (AvgIpc) is 3.01. The van der Waals surface area contributed by atoms with Crippen molar-refractivity contribution in [3.8, 4) is 44.6 Å². The van der Waals surface area contributed by atoms with Gasteiger partial charge in [0.1, 0.15) is 0 Å². The summed E-state index contributed by atoms with van der Waals surface area (Å²) < 4.78 is 0. The summed E-state index contributed by atoms with van der Waals surface area (Å²) in [7, 11) is 0. The van der Waals surface area contributed by atoms with Gasteiger partial charge in [0, 0.05) is 11.8 Å². The Balaban J connectivity index is 1.50. The lowest BCUT2D eigenvalue weighted by molar-refractivity contribution is 1.33. The molecule has 0 aliphatic rings. The maximum absolute atomic E-state index is 4.50. The maximum Gasteiger partial charge on any atom is 0.0701 e. The fourth-order valence-electron chi connectivity index (χ4n) is 5.56. The van der Waals surface area contributed by atoms with Crippen LogP contribution in [-0.2, 0) is 0 Å². The first kappa shape index (κ1) is 22.2. The lowest BCUT2D eigenvalue weighted by atomic mass is 9.85. The van der Waals surface area contributed by atoms with Crippen molar-refractivity contribution < 1.29 is 0 Å². The molecule has 6 aromatic carbocycles. The summed E-state index contributed by atoms with van der Waals surface area (Å²) in [5, 5.41) is 5.08. The molecule has 178 valence electrons. The van der Waals surface area contributed by atoms with Crippen molar-refractivity contribution in [3.63, 3.8) is 0 Å². The lowest BCUT2D eigenvalue weighted by Gasteiger charge is -2.18. The number of fused-ring (bicyclic) bond motifs is 2.